The summed E-state index contributed by atoms with van der Waals surface area (Å²) in [5, 5.41) is 0. The first-order valence-corrected chi connectivity index (χ1v) is 8.34. The second-order valence-corrected chi connectivity index (χ2v) is 6.36. The molecule has 3 rings (SSSR count). The Bertz CT molecular complexity index is 1010. The van der Waals surface area contributed by atoms with Gasteiger partial charge in [-0.25, -0.2) is 4.98 Å². The highest BCUT2D eigenvalue weighted by atomic mass is 19.4. The van der Waals surface area contributed by atoms with Crippen LogP contribution in [0.3, 0.4) is 0 Å². The van der Waals surface area contributed by atoms with Crippen molar-refractivity contribution in [2.24, 2.45) is 5.73 Å². The van der Waals surface area contributed by atoms with E-state index in [2.05, 4.69) is 4.98 Å². The van der Waals surface area contributed by atoms with Crippen LogP contribution in [0.1, 0.15) is 16.7 Å². The summed E-state index contributed by atoms with van der Waals surface area (Å²) in [5.41, 5.74) is 10.3. The Morgan fingerprint density at radius 2 is 1.38 bits per heavy atom. The van der Waals surface area contributed by atoms with E-state index in [0.717, 1.165) is 11.8 Å². The number of hydrogen-bond acceptors (Lipinski definition) is 3. The molecule has 3 aromatic rings. The first kappa shape index (κ1) is 20.7. The van der Waals surface area contributed by atoms with Crippen LogP contribution < -0.4 is 11.5 Å². The zero-order chi connectivity index (χ0) is 21.4. The van der Waals surface area contributed by atoms with Gasteiger partial charge in [-0.1, -0.05) is 18.2 Å². The van der Waals surface area contributed by atoms with Gasteiger partial charge in [0.15, 0.2) is 0 Å². The summed E-state index contributed by atoms with van der Waals surface area (Å²) in [6, 6.07) is 9.72. The Kier molecular flexibility index (Phi) is 5.27. The van der Waals surface area contributed by atoms with Gasteiger partial charge in [0.2, 0.25) is 0 Å². The van der Waals surface area contributed by atoms with Crippen molar-refractivity contribution < 1.29 is 26.3 Å². The van der Waals surface area contributed by atoms with Gasteiger partial charge < -0.3 is 11.5 Å². The van der Waals surface area contributed by atoms with Gasteiger partial charge in [-0.05, 0) is 47.0 Å². The van der Waals surface area contributed by atoms with E-state index in [1.807, 2.05) is 0 Å². The quantitative estimate of drug-likeness (QED) is 0.560. The fraction of sp³-hybridized carbons (Fsp3) is 0.150. The Labute approximate surface area is 162 Å². The van der Waals surface area contributed by atoms with Crippen molar-refractivity contribution in [3.05, 3.63) is 71.4 Å². The van der Waals surface area contributed by atoms with Gasteiger partial charge >= 0.3 is 12.4 Å². The molecule has 29 heavy (non-hydrogen) atoms. The number of nitrogens with two attached hydrogens (primary N) is 2. The minimum atomic E-state index is -4.93. The third-order valence-electron chi connectivity index (χ3n) is 4.31. The molecule has 0 aliphatic rings. The number of nitrogens with zero attached hydrogens (tertiary/aromatic N) is 1. The number of pyridine rings is 1. The topological polar surface area (TPSA) is 64.9 Å². The van der Waals surface area contributed by atoms with Crippen molar-refractivity contribution in [3.63, 3.8) is 0 Å². The maximum atomic E-state index is 13.1. The molecule has 0 fully saturated rings. The molecule has 0 unspecified atom stereocenters. The molecule has 0 spiro atoms. The number of anilines is 1. The van der Waals surface area contributed by atoms with Crippen molar-refractivity contribution in [1.82, 2.24) is 4.98 Å². The molecule has 1 heterocycles. The van der Waals surface area contributed by atoms with Crippen LogP contribution in [0, 0.1) is 0 Å². The van der Waals surface area contributed by atoms with E-state index in [0.29, 0.717) is 23.3 Å². The molecule has 0 aliphatic heterocycles. The Morgan fingerprint density at radius 3 is 1.93 bits per heavy atom. The number of benzene rings is 2. The number of alkyl halides is 6. The molecule has 4 N–H and O–H groups in total. The van der Waals surface area contributed by atoms with Crippen LogP contribution in [0.4, 0.5) is 32.2 Å². The van der Waals surface area contributed by atoms with Gasteiger partial charge in [0, 0.05) is 23.9 Å². The molecule has 9 heteroatoms. The van der Waals surface area contributed by atoms with Crippen LogP contribution in [0.5, 0.6) is 0 Å². The average molecular weight is 411 g/mol. The smallest absolute Gasteiger partial charge is 0.383 e. The summed E-state index contributed by atoms with van der Waals surface area (Å²) in [6.07, 6.45) is -8.73. The van der Waals surface area contributed by atoms with Crippen molar-refractivity contribution >= 4 is 5.82 Å². The lowest BCUT2D eigenvalue weighted by molar-refractivity contribution is -0.143. The highest BCUT2D eigenvalue weighted by Gasteiger charge is 2.37. The van der Waals surface area contributed by atoms with Gasteiger partial charge in [-0.3, -0.25) is 0 Å². The Morgan fingerprint density at radius 1 is 0.759 bits per heavy atom. The van der Waals surface area contributed by atoms with Crippen LogP contribution >= 0.6 is 0 Å². The molecule has 0 aliphatic carbocycles. The van der Waals surface area contributed by atoms with E-state index < -0.39 is 23.5 Å². The second kappa shape index (κ2) is 7.40. The number of hydrogen-bond donors (Lipinski definition) is 2. The highest BCUT2D eigenvalue weighted by molar-refractivity contribution is 5.79. The molecule has 152 valence electrons. The molecule has 0 amide bonds. The zero-order valence-corrected chi connectivity index (χ0v) is 14.8. The molecule has 0 saturated heterocycles. The largest absolute Gasteiger partial charge is 0.416 e. The van der Waals surface area contributed by atoms with Crippen LogP contribution in [-0.2, 0) is 18.9 Å². The summed E-state index contributed by atoms with van der Waals surface area (Å²) in [5.74, 6) is 0.0888. The summed E-state index contributed by atoms with van der Waals surface area (Å²) in [6.45, 7) is 0.253. The second-order valence-electron chi connectivity index (χ2n) is 6.36. The normalized spacial score (nSPS) is 12.2. The van der Waals surface area contributed by atoms with Gasteiger partial charge in [0.25, 0.3) is 0 Å². The fourth-order valence-corrected chi connectivity index (χ4v) is 2.85. The van der Waals surface area contributed by atoms with Crippen LogP contribution in [0.15, 0.2) is 54.7 Å². The summed E-state index contributed by atoms with van der Waals surface area (Å²) < 4.78 is 78.8. The van der Waals surface area contributed by atoms with Crippen LogP contribution in [0.2, 0.25) is 0 Å². The summed E-state index contributed by atoms with van der Waals surface area (Å²) >= 11 is 0. The van der Waals surface area contributed by atoms with E-state index in [1.54, 1.807) is 24.3 Å². The van der Waals surface area contributed by atoms with Gasteiger partial charge in [-0.2, -0.15) is 26.3 Å². The van der Waals surface area contributed by atoms with E-state index in [9.17, 15) is 26.3 Å². The third kappa shape index (κ3) is 4.51. The van der Waals surface area contributed by atoms with Crippen LogP contribution in [-0.4, -0.2) is 4.98 Å². The summed E-state index contributed by atoms with van der Waals surface area (Å²) in [7, 11) is 0. The molecule has 3 nitrogen and oxygen atoms in total. The van der Waals surface area contributed by atoms with E-state index in [-0.39, 0.29) is 29.6 Å². The average Bonchev–Trinajstić information content (AvgIpc) is 2.66. The molecule has 0 atom stereocenters. The lowest BCUT2D eigenvalue weighted by Crippen LogP contribution is -2.11. The fourth-order valence-electron chi connectivity index (χ4n) is 2.85. The molecule has 0 bridgehead atoms. The maximum absolute atomic E-state index is 13.1. The first-order chi connectivity index (χ1) is 13.5. The lowest BCUT2D eigenvalue weighted by Gasteiger charge is -2.15. The zero-order valence-electron chi connectivity index (χ0n) is 14.8. The molecule has 2 aromatic carbocycles. The van der Waals surface area contributed by atoms with Crippen molar-refractivity contribution in [2.45, 2.75) is 18.9 Å². The van der Waals surface area contributed by atoms with E-state index >= 15 is 0 Å². The van der Waals surface area contributed by atoms with Crippen molar-refractivity contribution in [3.8, 4) is 22.3 Å². The first-order valence-electron chi connectivity index (χ1n) is 8.34. The van der Waals surface area contributed by atoms with E-state index in [1.165, 1.54) is 6.07 Å². The number of halogens is 6. The van der Waals surface area contributed by atoms with Gasteiger partial charge in [0.1, 0.15) is 5.82 Å². The number of aromatic nitrogens is 1. The van der Waals surface area contributed by atoms with E-state index in [4.69, 9.17) is 11.5 Å². The predicted molar refractivity (Wildman–Crippen MR) is 97.4 cm³/mol. The monoisotopic (exact) mass is 411 g/mol. The lowest BCUT2D eigenvalue weighted by atomic mass is 9.97. The SMILES string of the molecule is NCc1cccc(-c2cc(-c3cc(C(F)(F)F)cc(C(F)(F)F)c3)cnc2N)c1. The minimum absolute atomic E-state index is 0.0731. The van der Waals surface area contributed by atoms with Gasteiger partial charge in [-0.15, -0.1) is 0 Å². The molecule has 0 saturated carbocycles. The standard InChI is InChI=1S/C20H15F6N3/c21-19(22,23)15-5-13(6-16(8-15)20(24,25)26)14-7-17(18(28)29-10-14)12-3-1-2-11(4-12)9-27/h1-8,10H,9,27H2,(H2,28,29). The third-order valence-corrected chi connectivity index (χ3v) is 4.31. The van der Waals surface area contributed by atoms with Crippen molar-refractivity contribution in [2.75, 3.05) is 5.73 Å². The van der Waals surface area contributed by atoms with Crippen LogP contribution in [0.25, 0.3) is 22.3 Å². The maximum Gasteiger partial charge on any atom is 0.416 e. The number of rotatable bonds is 3. The Balaban J connectivity index is 2.18. The Hall–Kier alpha value is -3.07. The minimum Gasteiger partial charge on any atom is -0.383 e. The van der Waals surface area contributed by atoms with Crippen molar-refractivity contribution in [1.29, 1.82) is 0 Å². The summed E-state index contributed by atoms with van der Waals surface area (Å²) in [4.78, 5) is 3.96. The van der Waals surface area contributed by atoms with Gasteiger partial charge in [0.05, 0.1) is 11.1 Å². The number of nitrogen functional groups attached to an aromatic ring is 1. The highest BCUT2D eigenvalue weighted by Crippen LogP contribution is 2.39. The predicted octanol–water partition coefficient (Wildman–Crippen LogP) is 5.49. The molecular weight excluding hydrogens is 396 g/mol. The molecule has 0 radical (unpaired) electrons. The molecule has 1 aromatic heterocycles. The molecular formula is C20H15F6N3.